The van der Waals surface area contributed by atoms with Crippen LogP contribution in [0, 0.1) is 20.8 Å². The molecule has 1 aromatic heterocycles. The van der Waals surface area contributed by atoms with Crippen LogP contribution in [0.4, 0.5) is 0 Å². The lowest BCUT2D eigenvalue weighted by Crippen LogP contribution is -2.48. The number of rotatable bonds is 4. The van der Waals surface area contributed by atoms with Gasteiger partial charge in [0.2, 0.25) is 6.79 Å². The highest BCUT2D eigenvalue weighted by Gasteiger charge is 2.25. The highest BCUT2D eigenvalue weighted by atomic mass is 16.7. The molecule has 2 aliphatic heterocycles. The van der Waals surface area contributed by atoms with Crippen LogP contribution in [0.15, 0.2) is 42.5 Å². The fraction of sp³-hybridized carbons (Fsp3) is 0.346. The first kappa shape index (κ1) is 20.6. The molecule has 166 valence electrons. The molecule has 0 unspecified atom stereocenters. The number of hydrogen-bond acceptors (Lipinski definition) is 4. The van der Waals surface area contributed by atoms with E-state index in [1.807, 2.05) is 24.0 Å². The molecular formula is C26H29N3O3. The number of ether oxygens (including phenoxy) is 2. The van der Waals surface area contributed by atoms with E-state index in [2.05, 4.69) is 54.1 Å². The third-order valence-corrected chi connectivity index (χ3v) is 6.57. The Balaban J connectivity index is 1.23. The number of aryl methyl sites for hydroxylation is 3. The number of amides is 1. The largest absolute Gasteiger partial charge is 0.454 e. The van der Waals surface area contributed by atoms with Crippen molar-refractivity contribution in [2.75, 3.05) is 33.0 Å². The van der Waals surface area contributed by atoms with Gasteiger partial charge in [-0.2, -0.15) is 0 Å². The molecule has 0 aliphatic carbocycles. The van der Waals surface area contributed by atoms with Crippen molar-refractivity contribution in [2.45, 2.75) is 27.3 Å². The molecule has 32 heavy (non-hydrogen) atoms. The summed E-state index contributed by atoms with van der Waals surface area (Å²) in [6, 6.07) is 14.5. The molecule has 2 aliphatic rings. The molecule has 3 heterocycles. The summed E-state index contributed by atoms with van der Waals surface area (Å²) in [6.45, 7) is 10.5. The number of carbonyl (C=O) groups is 1. The van der Waals surface area contributed by atoms with Gasteiger partial charge in [0.25, 0.3) is 5.91 Å². The van der Waals surface area contributed by atoms with Crippen molar-refractivity contribution < 1.29 is 14.3 Å². The average Bonchev–Trinajstić information content (AvgIpc) is 3.42. The van der Waals surface area contributed by atoms with Crippen LogP contribution in [0.1, 0.15) is 32.7 Å². The number of aromatic nitrogens is 1. The minimum atomic E-state index is 0.108. The average molecular weight is 432 g/mol. The van der Waals surface area contributed by atoms with Crippen molar-refractivity contribution >= 4 is 5.91 Å². The maximum atomic E-state index is 13.2. The Labute approximate surface area is 188 Å². The summed E-state index contributed by atoms with van der Waals surface area (Å²) < 4.78 is 10.9. The highest BCUT2D eigenvalue weighted by Crippen LogP contribution is 2.33. The van der Waals surface area contributed by atoms with Gasteiger partial charge in [0.05, 0.1) is 5.56 Å². The number of carbonyl (C=O) groups excluding carboxylic acids is 1. The van der Waals surface area contributed by atoms with Gasteiger partial charge in [0, 0.05) is 44.1 Å². The molecule has 2 aromatic carbocycles. The Kier molecular flexibility index (Phi) is 5.39. The number of nitrogens with zero attached hydrogens (tertiary/aromatic N) is 2. The van der Waals surface area contributed by atoms with Gasteiger partial charge in [0.1, 0.15) is 0 Å². The monoisotopic (exact) mass is 431 g/mol. The van der Waals surface area contributed by atoms with Crippen LogP contribution in [0.25, 0.3) is 11.3 Å². The van der Waals surface area contributed by atoms with E-state index in [1.54, 1.807) is 0 Å². The zero-order chi connectivity index (χ0) is 22.2. The van der Waals surface area contributed by atoms with E-state index in [0.717, 1.165) is 66.7 Å². The molecule has 1 amide bonds. The van der Waals surface area contributed by atoms with Gasteiger partial charge in [-0.3, -0.25) is 9.69 Å². The van der Waals surface area contributed by atoms with Crippen molar-refractivity contribution in [2.24, 2.45) is 0 Å². The standard InChI is InChI=1S/C26H29N3O3/c1-17-4-6-21(12-18(17)2)23-14-22(19(3)27-23)26(30)29-10-8-28(9-11-29)15-20-5-7-24-25(13-20)32-16-31-24/h4-7,12-14,27H,8-11,15-16H2,1-3H3. The number of H-pyrrole nitrogens is 1. The lowest BCUT2D eigenvalue weighted by molar-refractivity contribution is 0.0628. The number of fused-ring (bicyclic) bond motifs is 1. The third kappa shape index (κ3) is 3.98. The first-order valence-electron chi connectivity index (χ1n) is 11.2. The van der Waals surface area contributed by atoms with E-state index in [9.17, 15) is 4.79 Å². The zero-order valence-corrected chi connectivity index (χ0v) is 18.9. The molecule has 0 bridgehead atoms. The van der Waals surface area contributed by atoms with Crippen molar-refractivity contribution in [1.29, 1.82) is 0 Å². The molecule has 3 aromatic rings. The summed E-state index contributed by atoms with van der Waals surface area (Å²) in [7, 11) is 0. The quantitative estimate of drug-likeness (QED) is 0.669. The molecule has 0 spiro atoms. The Morgan fingerprint density at radius 1 is 0.906 bits per heavy atom. The van der Waals surface area contributed by atoms with Gasteiger partial charge in [-0.25, -0.2) is 0 Å². The molecule has 5 rings (SSSR count). The predicted octanol–water partition coefficient (Wildman–Crippen LogP) is 4.29. The smallest absolute Gasteiger partial charge is 0.255 e. The predicted molar refractivity (Wildman–Crippen MR) is 124 cm³/mol. The molecule has 0 atom stereocenters. The summed E-state index contributed by atoms with van der Waals surface area (Å²) in [5.74, 6) is 1.74. The fourth-order valence-corrected chi connectivity index (χ4v) is 4.42. The van der Waals surface area contributed by atoms with Crippen LogP contribution in [0.3, 0.4) is 0 Å². The second-order valence-electron chi connectivity index (χ2n) is 8.78. The normalized spacial score (nSPS) is 15.9. The molecule has 6 nitrogen and oxygen atoms in total. The fourth-order valence-electron chi connectivity index (χ4n) is 4.42. The van der Waals surface area contributed by atoms with E-state index >= 15 is 0 Å². The summed E-state index contributed by atoms with van der Waals surface area (Å²) >= 11 is 0. The van der Waals surface area contributed by atoms with E-state index < -0.39 is 0 Å². The van der Waals surface area contributed by atoms with Crippen LogP contribution >= 0.6 is 0 Å². The van der Waals surface area contributed by atoms with E-state index in [0.29, 0.717) is 6.79 Å². The number of aromatic amines is 1. The third-order valence-electron chi connectivity index (χ3n) is 6.57. The minimum Gasteiger partial charge on any atom is -0.454 e. The van der Waals surface area contributed by atoms with Gasteiger partial charge in [-0.05, 0) is 67.3 Å². The van der Waals surface area contributed by atoms with Gasteiger partial charge in [-0.15, -0.1) is 0 Å². The van der Waals surface area contributed by atoms with Gasteiger partial charge in [0.15, 0.2) is 11.5 Å². The molecule has 1 saturated heterocycles. The van der Waals surface area contributed by atoms with Crippen LogP contribution in [-0.2, 0) is 6.54 Å². The molecule has 1 N–H and O–H groups in total. The van der Waals surface area contributed by atoms with E-state index in [4.69, 9.17) is 9.47 Å². The van der Waals surface area contributed by atoms with E-state index in [1.165, 1.54) is 16.7 Å². The number of hydrogen-bond donors (Lipinski definition) is 1. The van der Waals surface area contributed by atoms with Gasteiger partial charge in [-0.1, -0.05) is 18.2 Å². The molecule has 0 saturated carbocycles. The van der Waals surface area contributed by atoms with Crippen molar-refractivity contribution in [1.82, 2.24) is 14.8 Å². The lowest BCUT2D eigenvalue weighted by atomic mass is 10.0. The van der Waals surface area contributed by atoms with Crippen molar-refractivity contribution in [3.8, 4) is 22.8 Å². The summed E-state index contributed by atoms with van der Waals surface area (Å²) in [5.41, 5.74) is 7.52. The molecule has 1 fully saturated rings. The lowest BCUT2D eigenvalue weighted by Gasteiger charge is -2.34. The second kappa shape index (κ2) is 8.36. The number of benzene rings is 2. The van der Waals surface area contributed by atoms with Crippen LogP contribution in [-0.4, -0.2) is 53.7 Å². The number of piperazine rings is 1. The van der Waals surface area contributed by atoms with Crippen LogP contribution in [0.2, 0.25) is 0 Å². The number of nitrogens with one attached hydrogen (secondary N) is 1. The maximum Gasteiger partial charge on any atom is 0.255 e. The molecule has 6 heteroatoms. The topological polar surface area (TPSA) is 57.8 Å². The van der Waals surface area contributed by atoms with Gasteiger partial charge >= 0.3 is 0 Å². The Morgan fingerprint density at radius 3 is 2.47 bits per heavy atom. The zero-order valence-electron chi connectivity index (χ0n) is 18.9. The minimum absolute atomic E-state index is 0.108. The Bertz CT molecular complexity index is 1160. The van der Waals surface area contributed by atoms with Gasteiger partial charge < -0.3 is 19.4 Å². The summed E-state index contributed by atoms with van der Waals surface area (Å²) in [6.07, 6.45) is 0. The molecular weight excluding hydrogens is 402 g/mol. The van der Waals surface area contributed by atoms with Crippen LogP contribution < -0.4 is 9.47 Å². The highest BCUT2D eigenvalue weighted by molar-refractivity contribution is 5.97. The first-order chi connectivity index (χ1) is 15.5. The summed E-state index contributed by atoms with van der Waals surface area (Å²) in [4.78, 5) is 21.0. The van der Waals surface area contributed by atoms with Crippen molar-refractivity contribution in [3.63, 3.8) is 0 Å². The SMILES string of the molecule is Cc1ccc(-c2cc(C(=O)N3CCN(Cc4ccc5c(c4)OCO5)CC3)c(C)[nH]2)cc1C. The Hall–Kier alpha value is -3.25. The maximum absolute atomic E-state index is 13.2. The Morgan fingerprint density at radius 2 is 1.69 bits per heavy atom. The second-order valence-corrected chi connectivity index (χ2v) is 8.78. The molecule has 0 radical (unpaired) electrons. The van der Waals surface area contributed by atoms with Crippen LogP contribution in [0.5, 0.6) is 11.5 Å². The van der Waals surface area contributed by atoms with E-state index in [-0.39, 0.29) is 5.91 Å². The van der Waals surface area contributed by atoms with Crippen molar-refractivity contribution in [3.05, 3.63) is 70.4 Å². The first-order valence-corrected chi connectivity index (χ1v) is 11.2. The summed E-state index contributed by atoms with van der Waals surface area (Å²) in [5, 5.41) is 0.